The highest BCUT2D eigenvalue weighted by Crippen LogP contribution is 2.14. The zero-order chi connectivity index (χ0) is 6.62. The second-order valence-corrected chi connectivity index (χ2v) is 3.49. The average molecular weight is 178 g/mol. The quantitative estimate of drug-likeness (QED) is 0.597. The third-order valence-corrected chi connectivity index (χ3v) is 1.05. The lowest BCUT2D eigenvalue weighted by molar-refractivity contribution is 0.190. The lowest BCUT2D eigenvalue weighted by Crippen LogP contribution is -2.19. The zero-order valence-electron chi connectivity index (χ0n) is 4.94. The predicted molar refractivity (Wildman–Crippen MR) is 34.8 cm³/mol. The molecular formula is C5H8BrNO. The van der Waals surface area contributed by atoms with Crippen molar-refractivity contribution in [1.82, 2.24) is 0 Å². The Hall–Kier alpha value is -0.0700. The first kappa shape index (κ1) is 7.93. The average Bonchev–Trinajstić information content (AvgIpc) is 1.67. The Bertz CT molecular complexity index is 105. The van der Waals surface area contributed by atoms with E-state index in [1.165, 1.54) is 0 Å². The summed E-state index contributed by atoms with van der Waals surface area (Å²) in [4.78, 5) is 0. The fourth-order valence-corrected chi connectivity index (χ4v) is 0.532. The first-order chi connectivity index (χ1) is 3.62. The van der Waals surface area contributed by atoms with Crippen molar-refractivity contribution in [3.63, 3.8) is 0 Å². The van der Waals surface area contributed by atoms with Gasteiger partial charge in [-0.15, -0.1) is 0 Å². The van der Waals surface area contributed by atoms with Crippen molar-refractivity contribution in [1.29, 1.82) is 5.26 Å². The maximum Gasteiger partial charge on any atom is 0.132 e. The van der Waals surface area contributed by atoms with Crippen LogP contribution in [0.25, 0.3) is 0 Å². The second-order valence-electron chi connectivity index (χ2n) is 1.74. The number of hydrogen-bond acceptors (Lipinski definition) is 2. The van der Waals surface area contributed by atoms with E-state index in [0.29, 0.717) is 6.61 Å². The maximum atomic E-state index is 8.35. The molecule has 0 aromatic carbocycles. The summed E-state index contributed by atoms with van der Waals surface area (Å²) in [7, 11) is 1.57. The van der Waals surface area contributed by atoms with E-state index in [0.717, 1.165) is 0 Å². The van der Waals surface area contributed by atoms with Crippen LogP contribution in [0.2, 0.25) is 0 Å². The topological polar surface area (TPSA) is 33.0 Å². The smallest absolute Gasteiger partial charge is 0.132 e. The molecule has 2 nitrogen and oxygen atoms in total. The molecule has 0 bridgehead atoms. The lowest BCUT2D eigenvalue weighted by atomic mass is 10.2. The Balaban J connectivity index is 3.59. The molecule has 0 aromatic heterocycles. The summed E-state index contributed by atoms with van der Waals surface area (Å²) in [6.45, 7) is 2.18. The molecule has 0 amide bonds. The number of methoxy groups -OCH3 is 1. The number of hydrogen-bond donors (Lipinski definition) is 0. The van der Waals surface area contributed by atoms with Gasteiger partial charge in [0, 0.05) is 7.11 Å². The summed E-state index contributed by atoms with van der Waals surface area (Å²) in [5.41, 5.74) is 0. The summed E-state index contributed by atoms with van der Waals surface area (Å²) in [5.74, 6) is 0. The normalized spacial score (nSPS) is 16.8. The third-order valence-electron chi connectivity index (χ3n) is 0.649. The molecule has 0 N–H and O–H groups in total. The first-order valence-electron chi connectivity index (χ1n) is 2.21. The SMILES string of the molecule is COCC(C)(Br)C#N. The van der Waals surface area contributed by atoms with E-state index >= 15 is 0 Å². The van der Waals surface area contributed by atoms with Gasteiger partial charge in [0.1, 0.15) is 4.32 Å². The summed E-state index contributed by atoms with van der Waals surface area (Å²) < 4.78 is 4.22. The molecule has 0 aliphatic heterocycles. The van der Waals surface area contributed by atoms with E-state index in [9.17, 15) is 0 Å². The van der Waals surface area contributed by atoms with Crippen molar-refractivity contribution in [3.8, 4) is 6.07 Å². The number of nitrogens with zero attached hydrogens (tertiary/aromatic N) is 1. The highest BCUT2D eigenvalue weighted by atomic mass is 79.9. The van der Waals surface area contributed by atoms with Gasteiger partial charge in [0.25, 0.3) is 0 Å². The molecule has 0 radical (unpaired) electrons. The number of halogens is 1. The summed E-state index contributed by atoms with van der Waals surface area (Å²) in [6.07, 6.45) is 0. The molecule has 0 spiro atoms. The van der Waals surface area contributed by atoms with Crippen molar-refractivity contribution < 1.29 is 4.74 Å². The molecule has 1 atom stereocenters. The van der Waals surface area contributed by atoms with Crippen LogP contribution in [0.4, 0.5) is 0 Å². The van der Waals surface area contributed by atoms with E-state index < -0.39 is 4.32 Å². The van der Waals surface area contributed by atoms with E-state index in [4.69, 9.17) is 10.00 Å². The molecule has 0 heterocycles. The molecule has 1 unspecified atom stereocenters. The zero-order valence-corrected chi connectivity index (χ0v) is 6.53. The first-order valence-corrected chi connectivity index (χ1v) is 3.01. The number of alkyl halides is 1. The third kappa shape index (κ3) is 3.00. The van der Waals surface area contributed by atoms with Gasteiger partial charge in [0.05, 0.1) is 12.7 Å². The molecule has 0 rings (SSSR count). The lowest BCUT2D eigenvalue weighted by Gasteiger charge is -2.09. The van der Waals surface area contributed by atoms with E-state index in [1.54, 1.807) is 14.0 Å². The summed E-state index contributed by atoms with van der Waals surface area (Å²) >= 11 is 3.16. The van der Waals surface area contributed by atoms with Crippen LogP contribution >= 0.6 is 15.9 Å². The van der Waals surface area contributed by atoms with Crippen molar-refractivity contribution in [2.75, 3.05) is 13.7 Å². The maximum absolute atomic E-state index is 8.35. The minimum absolute atomic E-state index is 0.420. The molecule has 0 aromatic rings. The van der Waals surface area contributed by atoms with E-state index in [1.807, 2.05) is 6.07 Å². The van der Waals surface area contributed by atoms with Crippen molar-refractivity contribution >= 4 is 15.9 Å². The van der Waals surface area contributed by atoms with Crippen LogP contribution in [0.1, 0.15) is 6.92 Å². The Morgan fingerprint density at radius 2 is 2.38 bits per heavy atom. The Morgan fingerprint density at radius 3 is 2.50 bits per heavy atom. The Labute approximate surface area is 57.6 Å². The van der Waals surface area contributed by atoms with Gasteiger partial charge < -0.3 is 4.74 Å². The van der Waals surface area contributed by atoms with Gasteiger partial charge in [0.2, 0.25) is 0 Å². The largest absolute Gasteiger partial charge is 0.382 e. The molecule has 0 saturated carbocycles. The minimum atomic E-state index is -0.512. The van der Waals surface area contributed by atoms with Gasteiger partial charge in [0.15, 0.2) is 0 Å². The van der Waals surface area contributed by atoms with Crippen LogP contribution in [0.5, 0.6) is 0 Å². The molecule has 8 heavy (non-hydrogen) atoms. The molecule has 0 fully saturated rings. The van der Waals surface area contributed by atoms with Crippen LogP contribution in [0.15, 0.2) is 0 Å². The van der Waals surface area contributed by atoms with Gasteiger partial charge in [-0.3, -0.25) is 0 Å². The molecular weight excluding hydrogens is 170 g/mol. The number of rotatable bonds is 2. The van der Waals surface area contributed by atoms with Gasteiger partial charge in [-0.25, -0.2) is 0 Å². The fourth-order valence-electron chi connectivity index (χ4n) is 0.303. The summed E-state index contributed by atoms with van der Waals surface area (Å²) in [5, 5.41) is 8.35. The van der Waals surface area contributed by atoms with Gasteiger partial charge in [-0.1, -0.05) is 15.9 Å². The predicted octanol–water partition coefficient (Wildman–Crippen LogP) is 1.31. The summed E-state index contributed by atoms with van der Waals surface area (Å²) in [6, 6.07) is 2.03. The molecule has 0 saturated heterocycles. The van der Waals surface area contributed by atoms with Crippen LogP contribution in [-0.4, -0.2) is 18.0 Å². The second kappa shape index (κ2) is 3.06. The minimum Gasteiger partial charge on any atom is -0.382 e. The highest BCUT2D eigenvalue weighted by molar-refractivity contribution is 9.10. The van der Waals surface area contributed by atoms with Crippen LogP contribution < -0.4 is 0 Å². The van der Waals surface area contributed by atoms with Crippen molar-refractivity contribution in [2.24, 2.45) is 0 Å². The molecule has 3 heteroatoms. The van der Waals surface area contributed by atoms with E-state index in [2.05, 4.69) is 15.9 Å². The monoisotopic (exact) mass is 177 g/mol. The van der Waals surface area contributed by atoms with Crippen LogP contribution in [-0.2, 0) is 4.74 Å². The Morgan fingerprint density at radius 1 is 1.88 bits per heavy atom. The van der Waals surface area contributed by atoms with E-state index in [-0.39, 0.29) is 0 Å². The fraction of sp³-hybridized carbons (Fsp3) is 0.800. The Kier molecular flexibility index (Phi) is 3.03. The van der Waals surface area contributed by atoms with Crippen LogP contribution in [0, 0.1) is 11.3 Å². The highest BCUT2D eigenvalue weighted by Gasteiger charge is 2.17. The van der Waals surface area contributed by atoms with Crippen molar-refractivity contribution in [3.05, 3.63) is 0 Å². The van der Waals surface area contributed by atoms with Gasteiger partial charge in [-0.05, 0) is 6.92 Å². The van der Waals surface area contributed by atoms with Crippen LogP contribution in [0.3, 0.4) is 0 Å². The molecule has 46 valence electrons. The number of nitriles is 1. The number of ether oxygens (including phenoxy) is 1. The van der Waals surface area contributed by atoms with Crippen molar-refractivity contribution in [2.45, 2.75) is 11.2 Å². The van der Waals surface area contributed by atoms with Gasteiger partial charge in [-0.2, -0.15) is 5.26 Å². The van der Waals surface area contributed by atoms with Gasteiger partial charge >= 0.3 is 0 Å². The standard InChI is InChI=1S/C5H8BrNO/c1-5(6,3-7)4-8-2/h4H2,1-2H3. The molecule has 0 aliphatic carbocycles. The molecule has 0 aliphatic rings.